The van der Waals surface area contributed by atoms with Gasteiger partial charge in [-0.1, -0.05) is 65.8 Å². The molecule has 0 N–H and O–H groups in total. The third-order valence-electron chi connectivity index (χ3n) is 5.31. The van der Waals surface area contributed by atoms with Crippen molar-refractivity contribution in [2.45, 2.75) is 26.8 Å². The van der Waals surface area contributed by atoms with Gasteiger partial charge in [-0.2, -0.15) is 0 Å². The van der Waals surface area contributed by atoms with Gasteiger partial charge < -0.3 is 14.1 Å². The maximum atomic E-state index is 11.6. The van der Waals surface area contributed by atoms with E-state index in [1.165, 1.54) is 21.8 Å². The van der Waals surface area contributed by atoms with E-state index in [9.17, 15) is 4.79 Å². The summed E-state index contributed by atoms with van der Waals surface area (Å²) in [5.41, 5.74) is 5.08. The van der Waals surface area contributed by atoms with Crippen LogP contribution in [0.25, 0.3) is 21.8 Å². The Morgan fingerprint density at radius 2 is 1.52 bits per heavy atom. The van der Waals surface area contributed by atoms with Gasteiger partial charge in [0.05, 0.1) is 25.3 Å². The number of esters is 1. The van der Waals surface area contributed by atoms with Crippen LogP contribution in [0.2, 0.25) is 0 Å². The van der Waals surface area contributed by atoms with Gasteiger partial charge in [0.25, 0.3) is 0 Å². The summed E-state index contributed by atoms with van der Waals surface area (Å²) in [5.74, 6) is -0.214. The number of fused-ring (bicyclic) bond motifs is 3. The van der Waals surface area contributed by atoms with Gasteiger partial charge in [0.1, 0.15) is 6.61 Å². The Morgan fingerprint density at radius 1 is 0.903 bits per heavy atom. The molecule has 1 aromatic heterocycles. The number of hydrogen-bond acceptors (Lipinski definition) is 4. The van der Waals surface area contributed by atoms with Crippen LogP contribution in [0.3, 0.4) is 0 Å². The van der Waals surface area contributed by atoms with E-state index in [2.05, 4.69) is 58.3 Å². The molecule has 0 atom stereocenters. The first-order valence-electron chi connectivity index (χ1n) is 10.5. The van der Waals surface area contributed by atoms with Crippen molar-refractivity contribution in [2.75, 3.05) is 13.2 Å². The van der Waals surface area contributed by atoms with Gasteiger partial charge in [-0.25, -0.2) is 0 Å². The van der Waals surface area contributed by atoms with Crippen molar-refractivity contribution >= 4 is 33.5 Å². The maximum Gasteiger partial charge on any atom is 0.310 e. The molecule has 0 fully saturated rings. The van der Waals surface area contributed by atoms with Gasteiger partial charge in [0.15, 0.2) is 0 Å². The molecule has 31 heavy (non-hydrogen) atoms. The van der Waals surface area contributed by atoms with Gasteiger partial charge in [-0.05, 0) is 37.1 Å². The summed E-state index contributed by atoms with van der Waals surface area (Å²) in [6, 6.07) is 24.6. The van der Waals surface area contributed by atoms with Crippen LogP contribution in [0.1, 0.15) is 25.0 Å². The quantitative estimate of drug-likeness (QED) is 0.169. The van der Waals surface area contributed by atoms with Crippen molar-refractivity contribution in [3.05, 3.63) is 83.9 Å². The molecule has 5 heteroatoms. The normalized spacial score (nSPS) is 11.7. The van der Waals surface area contributed by atoms with E-state index in [0.29, 0.717) is 19.8 Å². The topological polar surface area (TPSA) is 52.8 Å². The number of oxime groups is 1. The summed E-state index contributed by atoms with van der Waals surface area (Å²) in [6.45, 7) is 5.31. The lowest BCUT2D eigenvalue weighted by atomic mass is 10.1. The number of carbonyl (C=O) groups excluding carboxylic acids is 1. The Balaban J connectivity index is 1.40. The maximum absolute atomic E-state index is 11.6. The van der Waals surface area contributed by atoms with Crippen molar-refractivity contribution < 1.29 is 14.4 Å². The Labute approximate surface area is 181 Å². The third-order valence-corrected chi connectivity index (χ3v) is 5.31. The van der Waals surface area contributed by atoms with Gasteiger partial charge in [-0.3, -0.25) is 4.79 Å². The molecular formula is C26H26N2O3. The number of hydrogen-bond donors (Lipinski definition) is 0. The predicted octanol–water partition coefficient (Wildman–Crippen LogP) is 5.34. The molecule has 0 saturated heterocycles. The molecular weight excluding hydrogens is 388 g/mol. The van der Waals surface area contributed by atoms with Crippen LogP contribution in [-0.2, 0) is 27.3 Å². The highest BCUT2D eigenvalue weighted by atomic mass is 16.6. The van der Waals surface area contributed by atoms with Crippen molar-refractivity contribution in [2.24, 2.45) is 5.16 Å². The lowest BCUT2D eigenvalue weighted by molar-refractivity contribution is -0.142. The molecule has 0 aliphatic carbocycles. The SMILES string of the molecule is CCOC(=O)Cc1ccc(/C(C)=N/OCCn2c3ccccc3c3ccccc32)cc1. The Hall–Kier alpha value is -3.60. The van der Waals surface area contributed by atoms with Crippen LogP contribution in [0.15, 0.2) is 78.0 Å². The highest BCUT2D eigenvalue weighted by Crippen LogP contribution is 2.28. The summed E-state index contributed by atoms with van der Waals surface area (Å²) in [5, 5.41) is 6.79. The fourth-order valence-electron chi connectivity index (χ4n) is 3.81. The Bertz CT molecular complexity index is 1170. The Morgan fingerprint density at radius 3 is 2.13 bits per heavy atom. The number of ether oxygens (including phenoxy) is 1. The van der Waals surface area contributed by atoms with Crippen LogP contribution in [-0.4, -0.2) is 29.5 Å². The van der Waals surface area contributed by atoms with Crippen molar-refractivity contribution in [3.63, 3.8) is 0 Å². The second-order valence-corrected chi connectivity index (χ2v) is 7.37. The smallest absolute Gasteiger partial charge is 0.310 e. The molecule has 1 heterocycles. The van der Waals surface area contributed by atoms with E-state index in [4.69, 9.17) is 9.57 Å². The average molecular weight is 415 g/mol. The molecule has 0 unspecified atom stereocenters. The molecule has 0 radical (unpaired) electrons. The molecule has 0 saturated carbocycles. The van der Waals surface area contributed by atoms with Crippen LogP contribution in [0.5, 0.6) is 0 Å². The highest BCUT2D eigenvalue weighted by Gasteiger charge is 2.09. The average Bonchev–Trinajstić information content (AvgIpc) is 3.11. The number of aromatic nitrogens is 1. The predicted molar refractivity (Wildman–Crippen MR) is 124 cm³/mol. The standard InChI is InChI=1S/C26H26N2O3/c1-3-30-26(29)18-20-12-14-21(15-13-20)19(2)27-31-17-16-28-24-10-6-4-8-22(24)23-9-5-7-11-25(23)28/h4-15H,3,16-18H2,1-2H3/b27-19+. The van der Waals surface area contributed by atoms with Crippen molar-refractivity contribution in [1.29, 1.82) is 0 Å². The number of carbonyl (C=O) groups is 1. The zero-order valence-corrected chi connectivity index (χ0v) is 17.9. The summed E-state index contributed by atoms with van der Waals surface area (Å²) >= 11 is 0. The van der Waals surface area contributed by atoms with Crippen LogP contribution in [0.4, 0.5) is 0 Å². The summed E-state index contributed by atoms with van der Waals surface area (Å²) < 4.78 is 7.27. The molecule has 0 bridgehead atoms. The fraction of sp³-hybridized carbons (Fsp3) is 0.231. The summed E-state index contributed by atoms with van der Waals surface area (Å²) in [4.78, 5) is 17.2. The lowest BCUT2D eigenvalue weighted by Crippen LogP contribution is -2.07. The molecule has 0 aliphatic rings. The molecule has 0 aliphatic heterocycles. The minimum Gasteiger partial charge on any atom is -0.466 e. The minimum absolute atomic E-state index is 0.214. The molecule has 158 valence electrons. The van der Waals surface area contributed by atoms with E-state index >= 15 is 0 Å². The van der Waals surface area contributed by atoms with Crippen LogP contribution in [0, 0.1) is 0 Å². The minimum atomic E-state index is -0.214. The zero-order chi connectivity index (χ0) is 21.6. The van der Waals surface area contributed by atoms with Gasteiger partial charge in [0, 0.05) is 21.8 Å². The monoisotopic (exact) mass is 414 g/mol. The lowest BCUT2D eigenvalue weighted by Gasteiger charge is -2.08. The third kappa shape index (κ3) is 4.61. The molecule has 4 aromatic rings. The van der Waals surface area contributed by atoms with E-state index in [1.54, 1.807) is 0 Å². The fourth-order valence-corrected chi connectivity index (χ4v) is 3.81. The summed E-state index contributed by atoms with van der Waals surface area (Å²) in [6.07, 6.45) is 0.277. The zero-order valence-electron chi connectivity index (χ0n) is 17.9. The van der Waals surface area contributed by atoms with Crippen LogP contribution >= 0.6 is 0 Å². The number of benzene rings is 3. The highest BCUT2D eigenvalue weighted by molar-refractivity contribution is 6.07. The first-order chi connectivity index (χ1) is 15.2. The van der Waals surface area contributed by atoms with Crippen molar-refractivity contribution in [3.8, 4) is 0 Å². The van der Waals surface area contributed by atoms with E-state index < -0.39 is 0 Å². The summed E-state index contributed by atoms with van der Waals surface area (Å²) in [7, 11) is 0. The molecule has 3 aromatic carbocycles. The first kappa shape index (κ1) is 20.7. The number of nitrogens with zero attached hydrogens (tertiary/aromatic N) is 2. The van der Waals surface area contributed by atoms with Gasteiger partial charge in [0.2, 0.25) is 0 Å². The van der Waals surface area contributed by atoms with Gasteiger partial charge >= 0.3 is 5.97 Å². The molecule has 0 spiro atoms. The second kappa shape index (κ2) is 9.47. The second-order valence-electron chi connectivity index (χ2n) is 7.37. The molecule has 5 nitrogen and oxygen atoms in total. The molecule has 4 rings (SSSR count). The number of para-hydroxylation sites is 2. The van der Waals surface area contributed by atoms with E-state index in [0.717, 1.165) is 16.8 Å². The molecule has 0 amide bonds. The Kier molecular flexibility index (Phi) is 6.32. The van der Waals surface area contributed by atoms with Crippen molar-refractivity contribution in [1.82, 2.24) is 4.57 Å². The van der Waals surface area contributed by atoms with Gasteiger partial charge in [-0.15, -0.1) is 0 Å². The number of rotatable bonds is 8. The first-order valence-corrected chi connectivity index (χ1v) is 10.5. The van der Waals surface area contributed by atoms with Crippen LogP contribution < -0.4 is 0 Å². The van der Waals surface area contributed by atoms with E-state index in [-0.39, 0.29) is 12.4 Å². The largest absolute Gasteiger partial charge is 0.466 e. The van der Waals surface area contributed by atoms with E-state index in [1.807, 2.05) is 38.1 Å².